The van der Waals surface area contributed by atoms with Gasteiger partial charge in [-0.2, -0.15) is 5.10 Å². The molecule has 24 heavy (non-hydrogen) atoms. The fraction of sp³-hybridized carbons (Fsp3) is 0.733. The van der Waals surface area contributed by atoms with Crippen molar-refractivity contribution in [2.75, 3.05) is 32.7 Å². The van der Waals surface area contributed by atoms with E-state index in [1.54, 1.807) is 0 Å². The van der Waals surface area contributed by atoms with Crippen molar-refractivity contribution in [1.82, 2.24) is 19.6 Å². The number of carbonyl (C=O) groups excluding carboxylic acids is 1. The lowest BCUT2D eigenvalue weighted by Gasteiger charge is -2.35. The third-order valence-electron chi connectivity index (χ3n) is 4.50. The Kier molecular flexibility index (Phi) is 11.9. The molecule has 2 heterocycles. The van der Waals surface area contributed by atoms with Gasteiger partial charge in [0.25, 0.3) is 0 Å². The minimum Gasteiger partial charge on any atom is -0.340 e. The van der Waals surface area contributed by atoms with E-state index < -0.39 is 0 Å². The zero-order chi connectivity index (χ0) is 15.6. The van der Waals surface area contributed by atoms with Crippen LogP contribution in [0.3, 0.4) is 0 Å². The van der Waals surface area contributed by atoms with Crippen LogP contribution in [-0.4, -0.2) is 58.2 Å². The van der Waals surface area contributed by atoms with Crippen LogP contribution in [0.5, 0.6) is 0 Å². The van der Waals surface area contributed by atoms with Gasteiger partial charge in [-0.05, 0) is 13.8 Å². The number of hydrogen-bond acceptors (Lipinski definition) is 4. The van der Waals surface area contributed by atoms with Crippen LogP contribution in [0, 0.1) is 19.8 Å². The molecule has 2 rings (SSSR count). The average Bonchev–Trinajstić information content (AvgIpc) is 2.73. The van der Waals surface area contributed by atoms with Crippen molar-refractivity contribution < 1.29 is 4.79 Å². The molecule has 6 nitrogen and oxygen atoms in total. The highest BCUT2D eigenvalue weighted by Gasteiger charge is 2.25. The van der Waals surface area contributed by atoms with Gasteiger partial charge in [0, 0.05) is 63.5 Å². The zero-order valence-electron chi connectivity index (χ0n) is 14.8. The van der Waals surface area contributed by atoms with Crippen LogP contribution in [0.2, 0.25) is 0 Å². The summed E-state index contributed by atoms with van der Waals surface area (Å²) in [6.07, 6.45) is 0. The zero-order valence-corrected chi connectivity index (χ0v) is 17.3. The first-order valence-corrected chi connectivity index (χ1v) is 7.64. The molecule has 0 spiro atoms. The molecule has 142 valence electrons. The molecule has 0 radical (unpaired) electrons. The summed E-state index contributed by atoms with van der Waals surface area (Å²) in [7, 11) is 1.98. The van der Waals surface area contributed by atoms with Crippen LogP contribution >= 0.6 is 37.2 Å². The summed E-state index contributed by atoms with van der Waals surface area (Å²) in [5, 5.41) is 4.47. The molecule has 9 heteroatoms. The number of nitrogens with zero attached hydrogens (tertiary/aromatic N) is 4. The van der Waals surface area contributed by atoms with E-state index in [1.165, 1.54) is 11.3 Å². The maximum Gasteiger partial charge on any atom is 0.226 e. The van der Waals surface area contributed by atoms with Gasteiger partial charge >= 0.3 is 0 Å². The van der Waals surface area contributed by atoms with E-state index in [1.807, 2.05) is 23.6 Å². The Morgan fingerprint density at radius 1 is 1.17 bits per heavy atom. The van der Waals surface area contributed by atoms with E-state index in [0.717, 1.165) is 38.4 Å². The second kappa shape index (κ2) is 11.2. The fourth-order valence-corrected chi connectivity index (χ4v) is 2.81. The van der Waals surface area contributed by atoms with Crippen LogP contribution < -0.4 is 5.73 Å². The molecule has 1 aliphatic heterocycles. The molecule has 0 saturated carbocycles. The molecular formula is C15H30Cl3N5O. The number of hydrogen-bond donors (Lipinski definition) is 1. The quantitative estimate of drug-likeness (QED) is 0.829. The second-order valence-corrected chi connectivity index (χ2v) is 6.01. The van der Waals surface area contributed by atoms with E-state index >= 15 is 0 Å². The molecule has 0 aliphatic carbocycles. The summed E-state index contributed by atoms with van der Waals surface area (Å²) in [6.45, 7) is 10.8. The van der Waals surface area contributed by atoms with E-state index in [9.17, 15) is 4.79 Å². The number of aromatic nitrogens is 2. The average molecular weight is 403 g/mol. The van der Waals surface area contributed by atoms with Gasteiger partial charge in [0.1, 0.15) is 0 Å². The molecule has 1 aromatic rings. The number of amides is 1. The Morgan fingerprint density at radius 3 is 2.12 bits per heavy atom. The van der Waals surface area contributed by atoms with Crippen molar-refractivity contribution in [3.8, 4) is 0 Å². The minimum atomic E-state index is -0.0700. The lowest BCUT2D eigenvalue weighted by Crippen LogP contribution is -2.50. The van der Waals surface area contributed by atoms with E-state index in [4.69, 9.17) is 5.73 Å². The molecule has 1 fully saturated rings. The Bertz CT molecular complexity index is 515. The number of aryl methyl sites for hydroxylation is 2. The minimum absolute atomic E-state index is 0. The Morgan fingerprint density at radius 2 is 1.71 bits per heavy atom. The standard InChI is InChI=1S/C15H27N5O.3ClH/c1-11(9-16)15(21)20-7-5-19(6-8-20)10-14-12(2)17-18(4)13(14)3;;;/h11H,5-10,16H2,1-4H3;3*1H. The largest absolute Gasteiger partial charge is 0.340 e. The maximum absolute atomic E-state index is 12.1. The lowest BCUT2D eigenvalue weighted by molar-refractivity contribution is -0.136. The van der Waals surface area contributed by atoms with E-state index in [2.05, 4.69) is 23.8 Å². The number of carbonyl (C=O) groups is 1. The Balaban J connectivity index is 0. The molecule has 0 bridgehead atoms. The van der Waals surface area contributed by atoms with Crippen LogP contribution in [0.1, 0.15) is 23.9 Å². The number of halogens is 3. The highest BCUT2D eigenvalue weighted by atomic mass is 35.5. The Labute approximate surface area is 163 Å². The van der Waals surface area contributed by atoms with Crippen molar-refractivity contribution in [1.29, 1.82) is 0 Å². The van der Waals surface area contributed by atoms with Gasteiger partial charge in [0.15, 0.2) is 0 Å². The molecule has 1 amide bonds. The number of nitrogens with two attached hydrogens (primary N) is 1. The van der Waals surface area contributed by atoms with Gasteiger partial charge in [-0.15, -0.1) is 37.2 Å². The van der Waals surface area contributed by atoms with E-state index in [0.29, 0.717) is 6.54 Å². The first-order chi connectivity index (χ1) is 9.93. The summed E-state index contributed by atoms with van der Waals surface area (Å²) < 4.78 is 1.94. The Hall–Kier alpha value is -0.530. The molecule has 1 aliphatic rings. The predicted molar refractivity (Wildman–Crippen MR) is 105 cm³/mol. The van der Waals surface area contributed by atoms with Crippen LogP contribution in [-0.2, 0) is 18.4 Å². The summed E-state index contributed by atoms with van der Waals surface area (Å²) in [5.41, 5.74) is 9.22. The molecule has 1 aromatic heterocycles. The number of piperazine rings is 1. The summed E-state index contributed by atoms with van der Waals surface area (Å²) >= 11 is 0. The first-order valence-electron chi connectivity index (χ1n) is 7.64. The fourth-order valence-electron chi connectivity index (χ4n) is 2.81. The van der Waals surface area contributed by atoms with Crippen molar-refractivity contribution in [3.05, 3.63) is 17.0 Å². The van der Waals surface area contributed by atoms with E-state index in [-0.39, 0.29) is 49.0 Å². The SMILES string of the molecule is Cc1nn(C)c(C)c1CN1CCN(C(=O)C(C)CN)CC1.Cl.Cl.Cl. The van der Waals surface area contributed by atoms with Gasteiger partial charge in [0.05, 0.1) is 5.69 Å². The van der Waals surface area contributed by atoms with Crippen molar-refractivity contribution in [3.63, 3.8) is 0 Å². The molecular weight excluding hydrogens is 373 g/mol. The van der Waals surface area contributed by atoms with Gasteiger partial charge in [-0.3, -0.25) is 14.4 Å². The molecule has 1 saturated heterocycles. The third kappa shape index (κ3) is 5.77. The summed E-state index contributed by atoms with van der Waals surface area (Å²) in [4.78, 5) is 16.5. The predicted octanol–water partition coefficient (Wildman–Crippen LogP) is 1.54. The maximum atomic E-state index is 12.1. The smallest absolute Gasteiger partial charge is 0.226 e. The van der Waals surface area contributed by atoms with Crippen molar-refractivity contribution >= 4 is 43.1 Å². The van der Waals surface area contributed by atoms with Crippen molar-refractivity contribution in [2.45, 2.75) is 27.3 Å². The summed E-state index contributed by atoms with van der Waals surface area (Å²) in [5.74, 6) is 0.116. The second-order valence-electron chi connectivity index (χ2n) is 6.01. The van der Waals surface area contributed by atoms with Gasteiger partial charge in [-0.1, -0.05) is 6.92 Å². The van der Waals surface area contributed by atoms with Crippen LogP contribution in [0.4, 0.5) is 0 Å². The highest BCUT2D eigenvalue weighted by molar-refractivity contribution is 5.86. The highest BCUT2D eigenvalue weighted by Crippen LogP contribution is 2.16. The van der Waals surface area contributed by atoms with Gasteiger partial charge in [-0.25, -0.2) is 0 Å². The molecule has 0 aromatic carbocycles. The number of rotatable bonds is 4. The first kappa shape index (κ1) is 25.7. The third-order valence-corrected chi connectivity index (χ3v) is 4.50. The molecule has 1 atom stereocenters. The normalized spacial score (nSPS) is 15.8. The topological polar surface area (TPSA) is 67.4 Å². The summed E-state index contributed by atoms with van der Waals surface area (Å²) in [6, 6.07) is 0. The molecule has 2 N–H and O–H groups in total. The molecule has 1 unspecified atom stereocenters. The van der Waals surface area contributed by atoms with Crippen LogP contribution in [0.15, 0.2) is 0 Å². The van der Waals surface area contributed by atoms with Crippen LogP contribution in [0.25, 0.3) is 0 Å². The van der Waals surface area contributed by atoms with Gasteiger partial charge < -0.3 is 10.6 Å². The monoisotopic (exact) mass is 401 g/mol. The lowest BCUT2D eigenvalue weighted by atomic mass is 10.1. The van der Waals surface area contributed by atoms with Gasteiger partial charge in [0.2, 0.25) is 5.91 Å². The van der Waals surface area contributed by atoms with Crippen molar-refractivity contribution in [2.24, 2.45) is 18.7 Å².